The van der Waals surface area contributed by atoms with Crippen molar-refractivity contribution in [3.8, 4) is 5.75 Å². The van der Waals surface area contributed by atoms with Gasteiger partial charge in [0.2, 0.25) is 0 Å². The lowest BCUT2D eigenvalue weighted by molar-refractivity contribution is 0.253. The van der Waals surface area contributed by atoms with Gasteiger partial charge in [0.05, 0.1) is 5.69 Å². The number of nitrogens with zero attached hydrogens (tertiary/aromatic N) is 2. The van der Waals surface area contributed by atoms with Crippen LogP contribution < -0.4 is 33.2 Å². The molecule has 30 heavy (non-hydrogen) atoms. The lowest BCUT2D eigenvalue weighted by atomic mass is 9.97. The fraction of sp³-hybridized carbons (Fsp3) is 0.619. The van der Waals surface area contributed by atoms with Crippen molar-refractivity contribution in [2.45, 2.75) is 84.5 Å². The van der Waals surface area contributed by atoms with Crippen LogP contribution in [0.2, 0.25) is 0 Å². The molecule has 0 aliphatic rings. The first-order valence-corrected chi connectivity index (χ1v) is 10.8. The Morgan fingerprint density at radius 3 is 1.83 bits per heavy atom. The number of benzene rings is 1. The molecule has 0 saturated heterocycles. The van der Waals surface area contributed by atoms with Gasteiger partial charge in [-0.3, -0.25) is 0 Å². The second kappa shape index (κ2) is 12.9. The molecule has 0 fully saturated rings. The predicted octanol–water partition coefficient (Wildman–Crippen LogP) is 3.55. The van der Waals surface area contributed by atoms with Gasteiger partial charge in [-0.1, -0.05) is 65.2 Å². The van der Waals surface area contributed by atoms with E-state index in [0.29, 0.717) is 34.7 Å². The molecule has 0 unspecified atom stereocenters. The summed E-state index contributed by atoms with van der Waals surface area (Å²) < 4.78 is 0. The second-order valence-electron chi connectivity index (χ2n) is 7.58. The number of hydrogen-bond donors (Lipinski definition) is 5. The fourth-order valence-corrected chi connectivity index (χ4v) is 3.57. The van der Waals surface area contributed by atoms with Gasteiger partial charge in [0.1, 0.15) is 11.4 Å². The van der Waals surface area contributed by atoms with Crippen LogP contribution in [0.25, 0.3) is 0 Å². The maximum Gasteiger partial charge on any atom is 0.333 e. The number of urea groups is 2. The average molecular weight is 423 g/mol. The van der Waals surface area contributed by atoms with E-state index < -0.39 is 12.1 Å². The van der Waals surface area contributed by atoms with E-state index >= 15 is 0 Å². The number of rotatable bonds is 13. The van der Waals surface area contributed by atoms with Gasteiger partial charge in [-0.25, -0.2) is 31.3 Å². The molecule has 1 rings (SSSR count). The highest BCUT2D eigenvalue weighted by atomic mass is 16.3. The van der Waals surface area contributed by atoms with E-state index in [1.807, 2.05) is 6.92 Å². The zero-order valence-corrected chi connectivity index (χ0v) is 18.3. The van der Waals surface area contributed by atoms with E-state index in [1.165, 1.54) is 32.1 Å². The molecule has 0 aliphatic carbocycles. The molecule has 9 heteroatoms. The summed E-state index contributed by atoms with van der Waals surface area (Å²) >= 11 is 0. The molecule has 0 saturated carbocycles. The fourth-order valence-electron chi connectivity index (χ4n) is 3.57. The molecule has 0 aliphatic heterocycles. The van der Waals surface area contributed by atoms with Crippen LogP contribution in [0, 0.1) is 0 Å². The summed E-state index contributed by atoms with van der Waals surface area (Å²) in [6.07, 6.45) is 11.2. The van der Waals surface area contributed by atoms with Gasteiger partial charge in [-0.05, 0) is 30.9 Å². The second-order valence-corrected chi connectivity index (χ2v) is 7.58. The van der Waals surface area contributed by atoms with Gasteiger partial charge < -0.3 is 16.6 Å². The van der Waals surface area contributed by atoms with Crippen molar-refractivity contribution in [3.63, 3.8) is 0 Å². The smallest absolute Gasteiger partial charge is 0.333 e. The number of phenolic OH excluding ortho intramolecular Hbond substituents is 1. The van der Waals surface area contributed by atoms with E-state index in [-0.39, 0.29) is 11.4 Å². The van der Waals surface area contributed by atoms with Crippen LogP contribution >= 0.6 is 0 Å². The van der Waals surface area contributed by atoms with Crippen molar-refractivity contribution in [1.82, 2.24) is 0 Å². The summed E-state index contributed by atoms with van der Waals surface area (Å²) in [6.45, 7) is 4.02. The maximum absolute atomic E-state index is 11.7. The Morgan fingerprint density at radius 1 is 0.867 bits per heavy atom. The van der Waals surface area contributed by atoms with Gasteiger partial charge in [0.15, 0.2) is 0 Å². The minimum Gasteiger partial charge on any atom is -0.505 e. The van der Waals surface area contributed by atoms with Gasteiger partial charge in [-0.15, -0.1) is 0 Å². The molecule has 1 aromatic carbocycles. The molecule has 0 heterocycles. The standard InChI is InChI=1S/C21H38N6O3/c1-3-5-6-7-8-9-10-11-12-13-16-17(26(24)20(22)29)14-15(4-2)19(28)18(16)27(25)21(23)30/h14,28H,3-13,24-25H2,1-2H3,(H2,22,29)(H2,23,30). The minimum absolute atomic E-state index is 0.0631. The molecule has 4 amide bonds. The number of aromatic hydroxyl groups is 1. The highest BCUT2D eigenvalue weighted by molar-refractivity contribution is 5.97. The molecule has 9 nitrogen and oxygen atoms in total. The van der Waals surface area contributed by atoms with E-state index in [9.17, 15) is 14.7 Å². The largest absolute Gasteiger partial charge is 0.505 e. The Labute approximate surface area is 179 Å². The molecule has 9 N–H and O–H groups in total. The van der Waals surface area contributed by atoms with Crippen LogP contribution in [0.15, 0.2) is 6.07 Å². The van der Waals surface area contributed by atoms with Crippen molar-refractivity contribution in [1.29, 1.82) is 0 Å². The van der Waals surface area contributed by atoms with Crippen molar-refractivity contribution in [2.24, 2.45) is 23.2 Å². The molecule has 0 aromatic heterocycles. The molecule has 0 radical (unpaired) electrons. The molecule has 170 valence electrons. The summed E-state index contributed by atoms with van der Waals surface area (Å²) in [5.74, 6) is 11.6. The van der Waals surface area contributed by atoms with Crippen molar-refractivity contribution in [3.05, 3.63) is 17.2 Å². The van der Waals surface area contributed by atoms with E-state index in [0.717, 1.165) is 30.7 Å². The van der Waals surface area contributed by atoms with Crippen molar-refractivity contribution < 1.29 is 14.7 Å². The lowest BCUT2D eigenvalue weighted by Gasteiger charge is -2.26. The molecular weight excluding hydrogens is 384 g/mol. The summed E-state index contributed by atoms with van der Waals surface area (Å²) in [6, 6.07) is -0.188. The number of primary amides is 2. The minimum atomic E-state index is -0.930. The lowest BCUT2D eigenvalue weighted by Crippen LogP contribution is -2.44. The maximum atomic E-state index is 11.7. The Bertz CT molecular complexity index is 710. The highest BCUT2D eigenvalue weighted by Crippen LogP contribution is 2.40. The Hall–Kier alpha value is -2.52. The van der Waals surface area contributed by atoms with Crippen LogP contribution in [-0.2, 0) is 12.8 Å². The van der Waals surface area contributed by atoms with Crippen molar-refractivity contribution >= 4 is 23.4 Å². The summed E-state index contributed by atoms with van der Waals surface area (Å²) in [5.41, 5.74) is 12.0. The zero-order valence-electron chi connectivity index (χ0n) is 18.3. The molecular formula is C21H38N6O3. The zero-order chi connectivity index (χ0) is 22.7. The molecule has 0 bridgehead atoms. The summed E-state index contributed by atoms with van der Waals surface area (Å²) in [7, 11) is 0. The summed E-state index contributed by atoms with van der Waals surface area (Å²) in [4.78, 5) is 23.4. The predicted molar refractivity (Wildman–Crippen MR) is 121 cm³/mol. The number of hydrazine groups is 2. The number of anilines is 2. The van der Waals surface area contributed by atoms with Gasteiger partial charge >= 0.3 is 12.1 Å². The third kappa shape index (κ3) is 7.07. The number of phenols is 1. The van der Waals surface area contributed by atoms with Crippen LogP contribution in [-0.4, -0.2) is 17.2 Å². The van der Waals surface area contributed by atoms with Gasteiger partial charge in [0.25, 0.3) is 0 Å². The van der Waals surface area contributed by atoms with Crippen LogP contribution in [0.5, 0.6) is 5.75 Å². The van der Waals surface area contributed by atoms with Crippen LogP contribution in [0.4, 0.5) is 21.0 Å². The normalized spacial score (nSPS) is 10.8. The third-order valence-electron chi connectivity index (χ3n) is 5.32. The van der Waals surface area contributed by atoms with E-state index in [4.69, 9.17) is 23.2 Å². The Balaban J connectivity index is 3.01. The molecule has 0 spiro atoms. The number of nitrogens with two attached hydrogens (primary N) is 4. The molecule has 1 aromatic rings. The Morgan fingerprint density at radius 2 is 1.37 bits per heavy atom. The van der Waals surface area contributed by atoms with Crippen LogP contribution in [0.1, 0.15) is 82.8 Å². The monoisotopic (exact) mass is 422 g/mol. The number of carbonyl (C=O) groups excluding carboxylic acids is 2. The first-order chi connectivity index (χ1) is 14.3. The van der Waals surface area contributed by atoms with Crippen LogP contribution in [0.3, 0.4) is 0 Å². The van der Waals surface area contributed by atoms with E-state index in [2.05, 4.69) is 6.92 Å². The van der Waals surface area contributed by atoms with Gasteiger partial charge in [-0.2, -0.15) is 0 Å². The van der Waals surface area contributed by atoms with E-state index in [1.54, 1.807) is 6.07 Å². The third-order valence-corrected chi connectivity index (χ3v) is 5.32. The number of carbonyl (C=O) groups is 2. The summed E-state index contributed by atoms with van der Waals surface area (Å²) in [5, 5.41) is 12.2. The number of aryl methyl sites for hydroxylation is 1. The number of unbranched alkanes of at least 4 members (excludes halogenated alkanes) is 8. The highest BCUT2D eigenvalue weighted by Gasteiger charge is 2.26. The first kappa shape index (κ1) is 25.5. The van der Waals surface area contributed by atoms with Gasteiger partial charge in [0, 0.05) is 5.56 Å². The Kier molecular flexibility index (Phi) is 11.0. The van der Waals surface area contributed by atoms with Crippen molar-refractivity contribution in [2.75, 3.05) is 10.0 Å². The SMILES string of the molecule is CCCCCCCCCCCc1c(N(N)C(N)=O)cc(CC)c(O)c1N(N)C(N)=O. The molecule has 0 atom stereocenters. The number of amides is 4. The number of hydrogen-bond acceptors (Lipinski definition) is 5. The first-order valence-electron chi connectivity index (χ1n) is 10.8. The quantitative estimate of drug-likeness (QED) is 0.142. The topological polar surface area (TPSA) is 165 Å². The average Bonchev–Trinajstić information content (AvgIpc) is 2.71.